The summed E-state index contributed by atoms with van der Waals surface area (Å²) in [5, 5.41) is 2.42. The third-order valence-electron chi connectivity index (χ3n) is 5.11. The first-order chi connectivity index (χ1) is 14.8. The van der Waals surface area contributed by atoms with Crippen LogP contribution in [0, 0.1) is 13.8 Å². The van der Waals surface area contributed by atoms with Crippen LogP contribution in [-0.2, 0) is 9.59 Å². The fourth-order valence-corrected chi connectivity index (χ4v) is 3.69. The SMILES string of the molecule is Cc1ccc(-n2cccc2/C=C2\C(=O)NC(=O)N(c3cccc(Cl)c3Cl)C2=O)cc1C. The average molecular weight is 454 g/mol. The third-order valence-corrected chi connectivity index (χ3v) is 5.92. The van der Waals surface area contributed by atoms with E-state index in [9.17, 15) is 14.4 Å². The lowest BCUT2D eigenvalue weighted by molar-refractivity contribution is -0.122. The van der Waals surface area contributed by atoms with Gasteiger partial charge in [0, 0.05) is 17.6 Å². The van der Waals surface area contributed by atoms with Gasteiger partial charge in [-0.15, -0.1) is 0 Å². The van der Waals surface area contributed by atoms with Crippen LogP contribution in [0.4, 0.5) is 10.5 Å². The summed E-state index contributed by atoms with van der Waals surface area (Å²) in [5.74, 6) is -1.57. The minimum absolute atomic E-state index is 0.0415. The van der Waals surface area contributed by atoms with E-state index in [4.69, 9.17) is 23.2 Å². The quantitative estimate of drug-likeness (QED) is 0.444. The first-order valence-electron chi connectivity index (χ1n) is 9.38. The molecule has 2 aromatic carbocycles. The lowest BCUT2D eigenvalue weighted by Gasteiger charge is -2.27. The minimum Gasteiger partial charge on any atom is -0.317 e. The van der Waals surface area contributed by atoms with Crippen molar-refractivity contribution in [2.75, 3.05) is 4.90 Å². The Bertz CT molecular complexity index is 1280. The summed E-state index contributed by atoms with van der Waals surface area (Å²) >= 11 is 12.2. The number of barbiturate groups is 1. The maximum atomic E-state index is 13.1. The van der Waals surface area contributed by atoms with E-state index in [2.05, 4.69) is 5.32 Å². The van der Waals surface area contributed by atoms with Crippen molar-refractivity contribution < 1.29 is 14.4 Å². The monoisotopic (exact) mass is 453 g/mol. The summed E-state index contributed by atoms with van der Waals surface area (Å²) < 4.78 is 1.85. The zero-order valence-electron chi connectivity index (χ0n) is 16.6. The van der Waals surface area contributed by atoms with Crippen LogP contribution >= 0.6 is 23.2 Å². The van der Waals surface area contributed by atoms with Gasteiger partial charge in [0.25, 0.3) is 11.8 Å². The molecule has 1 N–H and O–H groups in total. The number of halogens is 2. The summed E-state index contributed by atoms with van der Waals surface area (Å²) in [6.07, 6.45) is 3.28. The van der Waals surface area contributed by atoms with E-state index in [1.54, 1.807) is 12.1 Å². The molecule has 1 aromatic heterocycles. The molecule has 0 radical (unpaired) electrons. The number of carbonyl (C=O) groups is 3. The van der Waals surface area contributed by atoms with Gasteiger partial charge in [-0.2, -0.15) is 0 Å². The number of rotatable bonds is 3. The number of nitrogens with one attached hydrogen (secondary N) is 1. The van der Waals surface area contributed by atoms with Crippen LogP contribution in [0.25, 0.3) is 11.8 Å². The Balaban J connectivity index is 1.78. The van der Waals surface area contributed by atoms with E-state index < -0.39 is 17.8 Å². The first-order valence-corrected chi connectivity index (χ1v) is 10.1. The molecule has 6 nitrogen and oxygen atoms in total. The molecular weight excluding hydrogens is 437 g/mol. The molecule has 0 atom stereocenters. The van der Waals surface area contributed by atoms with Gasteiger partial charge in [0.15, 0.2) is 0 Å². The molecule has 0 saturated carbocycles. The van der Waals surface area contributed by atoms with Gasteiger partial charge in [0.2, 0.25) is 0 Å². The Kier molecular flexibility index (Phi) is 5.43. The largest absolute Gasteiger partial charge is 0.336 e. The van der Waals surface area contributed by atoms with Gasteiger partial charge in [-0.25, -0.2) is 9.69 Å². The molecule has 8 heteroatoms. The normalized spacial score (nSPS) is 15.5. The van der Waals surface area contributed by atoms with Crippen molar-refractivity contribution in [3.8, 4) is 5.69 Å². The predicted molar refractivity (Wildman–Crippen MR) is 121 cm³/mol. The number of anilines is 1. The van der Waals surface area contributed by atoms with Crippen molar-refractivity contribution in [3.05, 3.63) is 87.2 Å². The summed E-state index contributed by atoms with van der Waals surface area (Å²) in [5.41, 5.74) is 3.66. The lowest BCUT2D eigenvalue weighted by Crippen LogP contribution is -2.54. The number of hydrogen-bond acceptors (Lipinski definition) is 3. The lowest BCUT2D eigenvalue weighted by atomic mass is 10.1. The van der Waals surface area contributed by atoms with Crippen LogP contribution < -0.4 is 10.2 Å². The number of hydrogen-bond donors (Lipinski definition) is 1. The number of urea groups is 1. The van der Waals surface area contributed by atoms with Crippen LogP contribution in [0.5, 0.6) is 0 Å². The number of imide groups is 2. The molecule has 1 fully saturated rings. The molecular formula is C23H17Cl2N3O3. The summed E-state index contributed by atoms with van der Waals surface area (Å²) in [6, 6.07) is 13.3. The average Bonchev–Trinajstić information content (AvgIpc) is 3.18. The van der Waals surface area contributed by atoms with Crippen molar-refractivity contribution in [1.29, 1.82) is 0 Å². The Hall–Kier alpha value is -3.35. The zero-order valence-corrected chi connectivity index (χ0v) is 18.2. The standard InChI is InChI=1S/C23H17Cl2N3O3/c1-13-8-9-16(11-14(13)2)27-10-4-5-15(27)12-17-21(29)26-23(31)28(22(17)30)19-7-3-6-18(24)20(19)25/h3-12H,1-2H3,(H,26,29,31)/b17-12+. The smallest absolute Gasteiger partial charge is 0.317 e. The summed E-state index contributed by atoms with van der Waals surface area (Å²) in [4.78, 5) is 38.9. The maximum Gasteiger partial charge on any atom is 0.336 e. The fourth-order valence-electron chi connectivity index (χ4n) is 3.31. The molecule has 0 aliphatic carbocycles. The molecule has 1 aliphatic heterocycles. The highest BCUT2D eigenvalue weighted by Crippen LogP contribution is 2.34. The maximum absolute atomic E-state index is 13.1. The Labute approximate surface area is 188 Å². The molecule has 156 valence electrons. The highest BCUT2D eigenvalue weighted by atomic mass is 35.5. The van der Waals surface area contributed by atoms with Crippen LogP contribution in [0.2, 0.25) is 10.0 Å². The summed E-state index contributed by atoms with van der Waals surface area (Å²) in [6.45, 7) is 4.03. The van der Waals surface area contributed by atoms with Crippen molar-refractivity contribution >= 4 is 52.8 Å². The van der Waals surface area contributed by atoms with E-state index in [1.165, 1.54) is 18.2 Å². The van der Waals surface area contributed by atoms with Gasteiger partial charge in [-0.3, -0.25) is 14.9 Å². The third kappa shape index (κ3) is 3.76. The molecule has 0 unspecified atom stereocenters. The molecule has 4 amide bonds. The van der Waals surface area contributed by atoms with Crippen molar-refractivity contribution in [2.45, 2.75) is 13.8 Å². The second kappa shape index (κ2) is 8.06. The van der Waals surface area contributed by atoms with E-state index in [0.717, 1.165) is 21.7 Å². The molecule has 31 heavy (non-hydrogen) atoms. The van der Waals surface area contributed by atoms with E-state index in [1.807, 2.05) is 48.9 Å². The molecule has 1 saturated heterocycles. The number of nitrogens with zero attached hydrogens (tertiary/aromatic N) is 2. The van der Waals surface area contributed by atoms with Gasteiger partial charge >= 0.3 is 6.03 Å². The predicted octanol–water partition coefficient (Wildman–Crippen LogP) is 5.07. The number of aryl methyl sites for hydroxylation is 2. The number of amides is 4. The Morgan fingerprint density at radius 2 is 1.71 bits per heavy atom. The van der Waals surface area contributed by atoms with E-state index in [-0.39, 0.29) is 21.3 Å². The van der Waals surface area contributed by atoms with Crippen molar-refractivity contribution in [3.63, 3.8) is 0 Å². The Morgan fingerprint density at radius 1 is 0.935 bits per heavy atom. The number of benzene rings is 2. The molecule has 4 rings (SSSR count). The van der Waals surface area contributed by atoms with Crippen molar-refractivity contribution in [2.24, 2.45) is 0 Å². The summed E-state index contributed by atoms with van der Waals surface area (Å²) in [7, 11) is 0. The topological polar surface area (TPSA) is 71.4 Å². The van der Waals surface area contributed by atoms with Gasteiger partial charge in [-0.1, -0.05) is 35.3 Å². The van der Waals surface area contributed by atoms with Crippen LogP contribution in [0.3, 0.4) is 0 Å². The second-order valence-corrected chi connectivity index (χ2v) is 7.89. The molecule has 0 bridgehead atoms. The highest BCUT2D eigenvalue weighted by molar-refractivity contribution is 6.46. The second-order valence-electron chi connectivity index (χ2n) is 7.10. The van der Waals surface area contributed by atoms with Crippen molar-refractivity contribution in [1.82, 2.24) is 9.88 Å². The van der Waals surface area contributed by atoms with Gasteiger partial charge in [0.1, 0.15) is 5.57 Å². The van der Waals surface area contributed by atoms with Gasteiger partial charge < -0.3 is 4.57 Å². The Morgan fingerprint density at radius 3 is 2.45 bits per heavy atom. The fraction of sp³-hybridized carbons (Fsp3) is 0.0870. The van der Waals surface area contributed by atoms with E-state index in [0.29, 0.717) is 5.69 Å². The number of aromatic nitrogens is 1. The van der Waals surface area contributed by atoms with E-state index >= 15 is 0 Å². The molecule has 2 heterocycles. The molecule has 0 spiro atoms. The first kappa shape index (κ1) is 20.9. The zero-order chi connectivity index (χ0) is 22.3. The van der Waals surface area contributed by atoms with Crippen LogP contribution in [-0.4, -0.2) is 22.4 Å². The molecule has 3 aromatic rings. The van der Waals surface area contributed by atoms with Gasteiger partial charge in [0.05, 0.1) is 15.7 Å². The highest BCUT2D eigenvalue weighted by Gasteiger charge is 2.38. The molecule has 1 aliphatic rings. The minimum atomic E-state index is -0.888. The van der Waals surface area contributed by atoms with Gasteiger partial charge in [-0.05, 0) is 67.4 Å². The van der Waals surface area contributed by atoms with Crippen LogP contribution in [0.1, 0.15) is 16.8 Å². The number of carbonyl (C=O) groups excluding carboxylic acids is 3. The van der Waals surface area contributed by atoms with Crippen LogP contribution in [0.15, 0.2) is 60.3 Å².